The van der Waals surface area contributed by atoms with Crippen LogP contribution in [0.2, 0.25) is 0 Å². The summed E-state index contributed by atoms with van der Waals surface area (Å²) in [5, 5.41) is 1.26. The molecule has 0 bridgehead atoms. The molecule has 0 spiro atoms. The first-order valence-corrected chi connectivity index (χ1v) is 7.10. The second-order valence-corrected chi connectivity index (χ2v) is 6.47. The molecule has 0 aliphatic heterocycles. The number of benzene rings is 1. The lowest BCUT2D eigenvalue weighted by molar-refractivity contribution is 0.553. The Kier molecular flexibility index (Phi) is 2.68. The second-order valence-electron chi connectivity index (χ2n) is 6.47. The van der Waals surface area contributed by atoms with Crippen LogP contribution in [0, 0.1) is 13.8 Å². The average molecular weight is 254 g/mol. The Hall–Kier alpha value is -1.41. The smallest absolute Gasteiger partial charge is 0.0738 e. The van der Waals surface area contributed by atoms with Gasteiger partial charge in [-0.25, -0.2) is 0 Å². The number of hydrogen-bond donors (Lipinski definition) is 1. The molecule has 1 aliphatic carbocycles. The molecule has 19 heavy (non-hydrogen) atoms. The molecule has 1 aliphatic rings. The molecule has 1 aromatic carbocycles. The lowest BCUT2D eigenvalue weighted by Gasteiger charge is -2.25. The Morgan fingerprint density at radius 3 is 2.58 bits per heavy atom. The largest absolute Gasteiger partial charge is 0.322 e. The van der Waals surface area contributed by atoms with Gasteiger partial charge in [0.05, 0.1) is 5.52 Å². The summed E-state index contributed by atoms with van der Waals surface area (Å²) < 4.78 is 0. The summed E-state index contributed by atoms with van der Waals surface area (Å²) in [6.45, 7) is 8.51. The zero-order valence-electron chi connectivity index (χ0n) is 12.3. The van der Waals surface area contributed by atoms with Crippen LogP contribution < -0.4 is 5.73 Å². The van der Waals surface area contributed by atoms with E-state index < -0.39 is 0 Å². The highest BCUT2D eigenvalue weighted by Crippen LogP contribution is 2.36. The van der Waals surface area contributed by atoms with Gasteiger partial charge >= 0.3 is 0 Å². The Labute approximate surface area is 115 Å². The van der Waals surface area contributed by atoms with Crippen molar-refractivity contribution < 1.29 is 0 Å². The van der Waals surface area contributed by atoms with E-state index in [1.165, 1.54) is 39.8 Å². The maximum atomic E-state index is 6.47. The number of pyridine rings is 1. The third kappa shape index (κ3) is 1.95. The monoisotopic (exact) mass is 254 g/mol. The highest BCUT2D eigenvalue weighted by atomic mass is 14.8. The summed E-state index contributed by atoms with van der Waals surface area (Å²) in [4.78, 5) is 4.92. The molecule has 2 heteroatoms. The number of nitrogens with zero attached hydrogens (tertiary/aromatic N) is 1. The topological polar surface area (TPSA) is 38.9 Å². The minimum atomic E-state index is -0.310. The molecule has 100 valence electrons. The van der Waals surface area contributed by atoms with Crippen molar-refractivity contribution in [3.05, 3.63) is 40.1 Å². The highest BCUT2D eigenvalue weighted by molar-refractivity contribution is 5.88. The van der Waals surface area contributed by atoms with Gasteiger partial charge in [-0.2, -0.15) is 0 Å². The summed E-state index contributed by atoms with van der Waals surface area (Å²) in [7, 11) is 0. The summed E-state index contributed by atoms with van der Waals surface area (Å²) >= 11 is 0. The van der Waals surface area contributed by atoms with Crippen LogP contribution in [0.1, 0.15) is 48.2 Å². The van der Waals surface area contributed by atoms with E-state index >= 15 is 0 Å². The number of hydrogen-bond acceptors (Lipinski definition) is 2. The molecule has 0 radical (unpaired) electrons. The zero-order valence-corrected chi connectivity index (χ0v) is 12.3. The number of nitrogens with two attached hydrogens (primary N) is 1. The highest BCUT2D eigenvalue weighted by Gasteiger charge is 2.27. The molecule has 1 heterocycles. The Bertz CT molecular complexity index is 663. The van der Waals surface area contributed by atoms with Crippen molar-refractivity contribution in [3.63, 3.8) is 0 Å². The quantitative estimate of drug-likeness (QED) is 0.845. The standard InChI is InChI=1S/C17H22N2/c1-10-8-11(2)16-13(9-10)15(17(3,4)18)12-6-5-7-14(12)19-16/h8-9H,5-7,18H2,1-4H3. The fourth-order valence-electron chi connectivity index (χ4n) is 3.45. The van der Waals surface area contributed by atoms with E-state index in [4.69, 9.17) is 10.7 Å². The molecule has 0 saturated carbocycles. The van der Waals surface area contributed by atoms with E-state index in [2.05, 4.69) is 39.8 Å². The van der Waals surface area contributed by atoms with Crippen molar-refractivity contribution in [2.75, 3.05) is 0 Å². The van der Waals surface area contributed by atoms with Crippen LogP contribution in [0.3, 0.4) is 0 Å². The molecule has 0 fully saturated rings. The fraction of sp³-hybridized carbons (Fsp3) is 0.471. The van der Waals surface area contributed by atoms with Gasteiger partial charge in [0.15, 0.2) is 0 Å². The van der Waals surface area contributed by atoms with Gasteiger partial charge < -0.3 is 5.73 Å². The van der Waals surface area contributed by atoms with Crippen LogP contribution in [0.4, 0.5) is 0 Å². The molecule has 2 aromatic rings. The van der Waals surface area contributed by atoms with E-state index in [9.17, 15) is 0 Å². The third-order valence-electron chi connectivity index (χ3n) is 4.10. The Morgan fingerprint density at radius 1 is 1.16 bits per heavy atom. The van der Waals surface area contributed by atoms with Crippen molar-refractivity contribution in [2.24, 2.45) is 5.73 Å². The number of aryl methyl sites for hydroxylation is 3. The second kappa shape index (κ2) is 4.04. The molecule has 1 aromatic heterocycles. The van der Waals surface area contributed by atoms with Crippen LogP contribution >= 0.6 is 0 Å². The molecular formula is C17H22N2. The van der Waals surface area contributed by atoms with Crippen LogP contribution in [0.25, 0.3) is 10.9 Å². The summed E-state index contributed by atoms with van der Waals surface area (Å²) in [5.74, 6) is 0. The normalized spacial score (nSPS) is 15.0. The first kappa shape index (κ1) is 12.6. The van der Waals surface area contributed by atoms with Crippen molar-refractivity contribution in [1.82, 2.24) is 4.98 Å². The van der Waals surface area contributed by atoms with E-state index in [1.807, 2.05) is 0 Å². The molecular weight excluding hydrogens is 232 g/mol. The van der Waals surface area contributed by atoms with Gasteiger partial charge in [-0.05, 0) is 69.7 Å². The maximum Gasteiger partial charge on any atom is 0.0738 e. The van der Waals surface area contributed by atoms with Crippen LogP contribution in [-0.4, -0.2) is 4.98 Å². The maximum absolute atomic E-state index is 6.47. The molecule has 2 N–H and O–H groups in total. The SMILES string of the molecule is Cc1cc(C)c2nc3c(c(C(C)(C)N)c2c1)CCC3. The molecule has 3 rings (SSSR count). The van der Waals surface area contributed by atoms with Crippen LogP contribution in [0.15, 0.2) is 12.1 Å². The lowest BCUT2D eigenvalue weighted by atomic mass is 9.86. The minimum Gasteiger partial charge on any atom is -0.322 e. The zero-order chi connectivity index (χ0) is 13.8. The summed E-state index contributed by atoms with van der Waals surface area (Å²) in [5.41, 5.74) is 13.8. The fourth-order valence-corrected chi connectivity index (χ4v) is 3.45. The van der Waals surface area contributed by atoms with E-state index in [0.717, 1.165) is 18.4 Å². The summed E-state index contributed by atoms with van der Waals surface area (Å²) in [6.07, 6.45) is 3.43. The van der Waals surface area contributed by atoms with Crippen molar-refractivity contribution >= 4 is 10.9 Å². The van der Waals surface area contributed by atoms with Gasteiger partial charge in [0.1, 0.15) is 0 Å². The van der Waals surface area contributed by atoms with Gasteiger partial charge in [0.2, 0.25) is 0 Å². The predicted octanol–water partition coefficient (Wildman–Crippen LogP) is 3.53. The molecule has 0 amide bonds. The van der Waals surface area contributed by atoms with Gasteiger partial charge in [-0.3, -0.25) is 4.98 Å². The number of rotatable bonds is 1. The van der Waals surface area contributed by atoms with Crippen LogP contribution in [0.5, 0.6) is 0 Å². The molecule has 0 unspecified atom stereocenters. The van der Waals surface area contributed by atoms with Gasteiger partial charge in [0, 0.05) is 16.6 Å². The predicted molar refractivity (Wildman–Crippen MR) is 80.5 cm³/mol. The van der Waals surface area contributed by atoms with Gasteiger partial charge in [-0.1, -0.05) is 11.6 Å². The van der Waals surface area contributed by atoms with Gasteiger partial charge in [0.25, 0.3) is 0 Å². The van der Waals surface area contributed by atoms with Crippen LogP contribution in [-0.2, 0) is 18.4 Å². The minimum absolute atomic E-state index is 0.310. The van der Waals surface area contributed by atoms with Crippen molar-refractivity contribution in [2.45, 2.75) is 52.5 Å². The van der Waals surface area contributed by atoms with E-state index in [-0.39, 0.29) is 5.54 Å². The van der Waals surface area contributed by atoms with Crippen molar-refractivity contribution in [3.8, 4) is 0 Å². The molecule has 0 saturated heterocycles. The first-order chi connectivity index (χ1) is 8.88. The van der Waals surface area contributed by atoms with Crippen molar-refractivity contribution in [1.29, 1.82) is 0 Å². The molecule has 2 nitrogen and oxygen atoms in total. The van der Waals surface area contributed by atoms with Gasteiger partial charge in [-0.15, -0.1) is 0 Å². The first-order valence-electron chi connectivity index (χ1n) is 7.10. The number of fused-ring (bicyclic) bond motifs is 2. The lowest BCUT2D eigenvalue weighted by Crippen LogP contribution is -2.30. The van der Waals surface area contributed by atoms with E-state index in [0.29, 0.717) is 0 Å². The summed E-state index contributed by atoms with van der Waals surface area (Å²) in [6, 6.07) is 4.46. The third-order valence-corrected chi connectivity index (χ3v) is 4.10. The molecule has 0 atom stereocenters. The van der Waals surface area contributed by atoms with E-state index in [1.54, 1.807) is 0 Å². The number of aromatic nitrogens is 1. The Balaban J connectivity index is 2.49. The average Bonchev–Trinajstić information content (AvgIpc) is 2.71. The Morgan fingerprint density at radius 2 is 1.89 bits per heavy atom.